The lowest BCUT2D eigenvalue weighted by molar-refractivity contribution is -0.116. The van der Waals surface area contributed by atoms with Crippen LogP contribution in [0.3, 0.4) is 0 Å². The Morgan fingerprint density at radius 1 is 1.07 bits per heavy atom. The molecule has 1 amide bonds. The van der Waals surface area contributed by atoms with Crippen molar-refractivity contribution in [1.82, 2.24) is 4.31 Å². The van der Waals surface area contributed by atoms with Crippen molar-refractivity contribution in [2.75, 3.05) is 50.1 Å². The SMILES string of the molecule is Cc1ccc(S(=O)(=O)N(C)CC(=O)Nc2ccc(N3CCOCC3)cc2)cc1. The third kappa shape index (κ3) is 4.89. The minimum Gasteiger partial charge on any atom is -0.378 e. The molecule has 1 aliphatic heterocycles. The Kier molecular flexibility index (Phi) is 6.33. The van der Waals surface area contributed by atoms with Crippen LogP contribution in [-0.4, -0.2) is 58.5 Å². The summed E-state index contributed by atoms with van der Waals surface area (Å²) in [6.45, 7) is 4.72. The Morgan fingerprint density at radius 3 is 2.29 bits per heavy atom. The third-order valence-corrected chi connectivity index (χ3v) is 6.44. The molecule has 0 bridgehead atoms. The fraction of sp³-hybridized carbons (Fsp3) is 0.350. The second-order valence-corrected chi connectivity index (χ2v) is 8.81. The predicted octanol–water partition coefficient (Wildman–Crippen LogP) is 2.09. The van der Waals surface area contributed by atoms with Crippen molar-refractivity contribution in [1.29, 1.82) is 0 Å². The van der Waals surface area contributed by atoms with Crippen molar-refractivity contribution >= 4 is 27.3 Å². The van der Waals surface area contributed by atoms with E-state index in [4.69, 9.17) is 4.74 Å². The first-order chi connectivity index (χ1) is 13.4. The smallest absolute Gasteiger partial charge is 0.243 e. The van der Waals surface area contributed by atoms with E-state index in [1.165, 1.54) is 7.05 Å². The second kappa shape index (κ2) is 8.72. The molecule has 0 aromatic heterocycles. The van der Waals surface area contributed by atoms with E-state index in [0.29, 0.717) is 18.9 Å². The molecular weight excluding hydrogens is 378 g/mol. The van der Waals surface area contributed by atoms with Crippen molar-refractivity contribution in [3.05, 3.63) is 54.1 Å². The highest BCUT2D eigenvalue weighted by Crippen LogP contribution is 2.19. The van der Waals surface area contributed by atoms with Gasteiger partial charge in [0.15, 0.2) is 0 Å². The zero-order valence-corrected chi connectivity index (χ0v) is 16.9. The molecule has 7 nitrogen and oxygen atoms in total. The highest BCUT2D eigenvalue weighted by molar-refractivity contribution is 7.89. The number of nitrogens with zero attached hydrogens (tertiary/aromatic N) is 2. The molecule has 1 heterocycles. The number of aryl methyl sites for hydroxylation is 1. The molecule has 0 atom stereocenters. The molecule has 1 N–H and O–H groups in total. The summed E-state index contributed by atoms with van der Waals surface area (Å²) in [5.74, 6) is -0.391. The predicted molar refractivity (Wildman–Crippen MR) is 109 cm³/mol. The van der Waals surface area contributed by atoms with Gasteiger partial charge in [0, 0.05) is 31.5 Å². The van der Waals surface area contributed by atoms with Crippen LogP contribution in [0.5, 0.6) is 0 Å². The van der Waals surface area contributed by atoms with E-state index < -0.39 is 15.9 Å². The number of carbonyl (C=O) groups excluding carboxylic acids is 1. The molecular formula is C20H25N3O4S. The Balaban J connectivity index is 1.59. The van der Waals surface area contributed by atoms with Crippen molar-refractivity contribution in [3.63, 3.8) is 0 Å². The van der Waals surface area contributed by atoms with Crippen LogP contribution in [0.1, 0.15) is 5.56 Å². The van der Waals surface area contributed by atoms with Crippen molar-refractivity contribution < 1.29 is 17.9 Å². The zero-order chi connectivity index (χ0) is 20.1. The maximum absolute atomic E-state index is 12.6. The molecule has 1 aliphatic rings. The normalized spacial score (nSPS) is 14.9. The minimum atomic E-state index is -3.71. The average molecular weight is 404 g/mol. The number of benzene rings is 2. The summed E-state index contributed by atoms with van der Waals surface area (Å²) in [7, 11) is -2.31. The van der Waals surface area contributed by atoms with Crippen LogP contribution in [0.25, 0.3) is 0 Å². The highest BCUT2D eigenvalue weighted by atomic mass is 32.2. The first-order valence-electron chi connectivity index (χ1n) is 9.12. The molecule has 0 radical (unpaired) electrons. The van der Waals surface area contributed by atoms with Gasteiger partial charge in [-0.05, 0) is 43.3 Å². The molecule has 0 saturated carbocycles. The van der Waals surface area contributed by atoms with E-state index in [9.17, 15) is 13.2 Å². The number of sulfonamides is 1. The topological polar surface area (TPSA) is 79.0 Å². The van der Waals surface area contributed by atoms with Gasteiger partial charge in [-0.2, -0.15) is 4.31 Å². The van der Waals surface area contributed by atoms with Crippen LogP contribution < -0.4 is 10.2 Å². The molecule has 1 fully saturated rings. The van der Waals surface area contributed by atoms with Gasteiger partial charge in [-0.1, -0.05) is 17.7 Å². The van der Waals surface area contributed by atoms with E-state index in [2.05, 4.69) is 10.2 Å². The summed E-state index contributed by atoms with van der Waals surface area (Å²) in [6.07, 6.45) is 0. The molecule has 0 unspecified atom stereocenters. The monoisotopic (exact) mass is 403 g/mol. The van der Waals surface area contributed by atoms with Gasteiger partial charge in [-0.3, -0.25) is 4.79 Å². The van der Waals surface area contributed by atoms with E-state index in [-0.39, 0.29) is 11.4 Å². The lowest BCUT2D eigenvalue weighted by Gasteiger charge is -2.28. The number of amides is 1. The van der Waals surface area contributed by atoms with E-state index in [1.54, 1.807) is 24.3 Å². The summed E-state index contributed by atoms with van der Waals surface area (Å²) in [5.41, 5.74) is 2.67. The molecule has 150 valence electrons. The summed E-state index contributed by atoms with van der Waals surface area (Å²) in [6, 6.07) is 14.1. The summed E-state index contributed by atoms with van der Waals surface area (Å²) in [5, 5.41) is 2.75. The van der Waals surface area contributed by atoms with Crippen LogP contribution in [0.2, 0.25) is 0 Å². The Bertz CT molecular complexity index is 905. The summed E-state index contributed by atoms with van der Waals surface area (Å²) in [4.78, 5) is 14.7. The van der Waals surface area contributed by atoms with Crippen molar-refractivity contribution in [3.8, 4) is 0 Å². The van der Waals surface area contributed by atoms with Gasteiger partial charge in [0.25, 0.3) is 0 Å². The average Bonchev–Trinajstić information content (AvgIpc) is 2.69. The van der Waals surface area contributed by atoms with Crippen LogP contribution >= 0.6 is 0 Å². The van der Waals surface area contributed by atoms with Crippen LogP contribution in [0.4, 0.5) is 11.4 Å². The fourth-order valence-corrected chi connectivity index (χ4v) is 4.08. The van der Waals surface area contributed by atoms with Gasteiger partial charge in [-0.15, -0.1) is 0 Å². The Labute approximate surface area is 166 Å². The number of hydrogen-bond acceptors (Lipinski definition) is 5. The lowest BCUT2D eigenvalue weighted by atomic mass is 10.2. The summed E-state index contributed by atoms with van der Waals surface area (Å²) < 4.78 is 31.6. The third-order valence-electron chi connectivity index (χ3n) is 4.62. The number of morpholine rings is 1. The molecule has 8 heteroatoms. The largest absolute Gasteiger partial charge is 0.378 e. The van der Waals surface area contributed by atoms with Gasteiger partial charge >= 0.3 is 0 Å². The van der Waals surface area contributed by atoms with Crippen LogP contribution in [0, 0.1) is 6.92 Å². The van der Waals surface area contributed by atoms with Gasteiger partial charge < -0.3 is 15.0 Å². The number of anilines is 2. The lowest BCUT2D eigenvalue weighted by Crippen LogP contribution is -2.36. The standard InChI is InChI=1S/C20H25N3O4S/c1-16-3-9-19(10-4-16)28(25,26)22(2)15-20(24)21-17-5-7-18(8-6-17)23-11-13-27-14-12-23/h3-10H,11-15H2,1-2H3,(H,21,24). The Morgan fingerprint density at radius 2 is 1.68 bits per heavy atom. The van der Waals surface area contributed by atoms with E-state index in [0.717, 1.165) is 28.6 Å². The maximum atomic E-state index is 12.6. The van der Waals surface area contributed by atoms with Gasteiger partial charge in [0.1, 0.15) is 0 Å². The minimum absolute atomic E-state index is 0.170. The van der Waals surface area contributed by atoms with Gasteiger partial charge in [-0.25, -0.2) is 8.42 Å². The summed E-state index contributed by atoms with van der Waals surface area (Å²) >= 11 is 0. The first-order valence-corrected chi connectivity index (χ1v) is 10.6. The van der Waals surface area contributed by atoms with E-state index in [1.807, 2.05) is 31.2 Å². The molecule has 0 aliphatic carbocycles. The Hall–Kier alpha value is -2.42. The second-order valence-electron chi connectivity index (χ2n) is 6.77. The first kappa shape index (κ1) is 20.3. The number of nitrogens with one attached hydrogen (secondary N) is 1. The van der Waals surface area contributed by atoms with Crippen LogP contribution in [0.15, 0.2) is 53.4 Å². The molecule has 2 aromatic carbocycles. The quantitative estimate of drug-likeness (QED) is 0.799. The van der Waals surface area contributed by atoms with Crippen molar-refractivity contribution in [2.45, 2.75) is 11.8 Å². The van der Waals surface area contributed by atoms with Gasteiger partial charge in [0.2, 0.25) is 15.9 Å². The van der Waals surface area contributed by atoms with E-state index >= 15 is 0 Å². The molecule has 1 saturated heterocycles. The van der Waals surface area contributed by atoms with Crippen molar-refractivity contribution in [2.24, 2.45) is 0 Å². The number of likely N-dealkylation sites (N-methyl/N-ethyl adjacent to an activating group) is 1. The van der Waals surface area contributed by atoms with Gasteiger partial charge in [0.05, 0.1) is 24.7 Å². The molecule has 3 rings (SSSR count). The molecule has 2 aromatic rings. The molecule has 28 heavy (non-hydrogen) atoms. The number of ether oxygens (including phenoxy) is 1. The van der Waals surface area contributed by atoms with Crippen LogP contribution in [-0.2, 0) is 19.6 Å². The number of rotatable bonds is 6. The number of hydrogen-bond donors (Lipinski definition) is 1. The number of carbonyl (C=O) groups is 1. The fourth-order valence-electron chi connectivity index (χ4n) is 2.96. The maximum Gasteiger partial charge on any atom is 0.243 e. The highest BCUT2D eigenvalue weighted by Gasteiger charge is 2.23. The zero-order valence-electron chi connectivity index (χ0n) is 16.1. The molecule has 0 spiro atoms.